The summed E-state index contributed by atoms with van der Waals surface area (Å²) in [5.41, 5.74) is 2.10. The van der Waals surface area contributed by atoms with E-state index in [0.717, 1.165) is 11.4 Å². The van der Waals surface area contributed by atoms with E-state index in [1.54, 1.807) is 19.1 Å². The lowest BCUT2D eigenvalue weighted by Crippen LogP contribution is -2.40. The lowest BCUT2D eigenvalue weighted by atomic mass is 10.1. The van der Waals surface area contributed by atoms with Crippen molar-refractivity contribution < 1.29 is 27.5 Å². The molecule has 1 heterocycles. The third-order valence-corrected chi connectivity index (χ3v) is 6.14. The maximum Gasteiger partial charge on any atom is 0.324 e. The molecule has 0 radical (unpaired) electrons. The van der Waals surface area contributed by atoms with Gasteiger partial charge in [0.2, 0.25) is 15.8 Å². The molecule has 2 aromatic rings. The van der Waals surface area contributed by atoms with Gasteiger partial charge >= 0.3 is 5.97 Å². The molecule has 0 saturated heterocycles. The Labute approximate surface area is 176 Å². The van der Waals surface area contributed by atoms with Crippen molar-refractivity contribution in [2.45, 2.75) is 38.3 Å². The minimum Gasteiger partial charge on any atom is -0.497 e. The molecule has 0 aliphatic carbocycles. The van der Waals surface area contributed by atoms with Crippen molar-refractivity contribution in [2.75, 3.05) is 13.7 Å². The van der Waals surface area contributed by atoms with Gasteiger partial charge in [0.25, 0.3) is 0 Å². The molecule has 0 aliphatic rings. The summed E-state index contributed by atoms with van der Waals surface area (Å²) in [5, 5.41) is 0. The van der Waals surface area contributed by atoms with Crippen molar-refractivity contribution in [3.05, 3.63) is 59.9 Å². The smallest absolute Gasteiger partial charge is 0.324 e. The van der Waals surface area contributed by atoms with Crippen molar-refractivity contribution in [3.8, 4) is 5.75 Å². The number of nitrogens with one attached hydrogen (secondary N) is 1. The quantitative estimate of drug-likeness (QED) is 0.350. The first-order chi connectivity index (χ1) is 14.1. The number of Topliss-reactive ketones (excluding diaryl/α,β-unsaturated/α-hetero) is 1. The van der Waals surface area contributed by atoms with Crippen LogP contribution in [0.3, 0.4) is 0 Å². The number of allylic oxidation sites excluding steroid dienone is 1. The highest BCUT2D eigenvalue weighted by atomic mass is 32.2. The Kier molecular flexibility index (Phi) is 7.58. The van der Waals surface area contributed by atoms with Gasteiger partial charge < -0.3 is 14.0 Å². The second-order valence-corrected chi connectivity index (χ2v) is 8.45. The summed E-state index contributed by atoms with van der Waals surface area (Å²) >= 11 is 0. The van der Waals surface area contributed by atoms with Crippen LogP contribution in [0.25, 0.3) is 0 Å². The van der Waals surface area contributed by atoms with E-state index in [-0.39, 0.29) is 10.7 Å². The van der Waals surface area contributed by atoms with Crippen LogP contribution in [-0.2, 0) is 26.1 Å². The number of methoxy groups -OCH3 is 1. The standard InChI is InChI=1S/C21H26N2O6S/c1-6-11-23-14(2)12-19(16(23)4)20(24)13-29-21(25)15(3)22-30(26,27)18-9-7-17(28-5)8-10-18/h6-10,12,15,22H,1,11,13H2,2-5H3/t15-/m0/s1. The number of benzene rings is 1. The fourth-order valence-corrected chi connectivity index (χ4v) is 4.13. The van der Waals surface area contributed by atoms with Crippen LogP contribution in [0.5, 0.6) is 5.75 Å². The van der Waals surface area contributed by atoms with Crippen LogP contribution in [0.2, 0.25) is 0 Å². The van der Waals surface area contributed by atoms with E-state index in [2.05, 4.69) is 11.3 Å². The number of hydrogen-bond donors (Lipinski definition) is 1. The Hall–Kier alpha value is -2.91. The predicted octanol–water partition coefficient (Wildman–Crippen LogP) is 2.39. The highest BCUT2D eigenvalue weighted by molar-refractivity contribution is 7.89. The van der Waals surface area contributed by atoms with Crippen molar-refractivity contribution in [3.63, 3.8) is 0 Å². The SMILES string of the molecule is C=CCn1c(C)cc(C(=O)COC(=O)[C@H](C)NS(=O)(=O)c2ccc(OC)cc2)c1C. The molecule has 0 spiro atoms. The molecule has 1 aromatic carbocycles. The summed E-state index contributed by atoms with van der Waals surface area (Å²) in [7, 11) is -2.47. The number of hydrogen-bond acceptors (Lipinski definition) is 6. The molecule has 9 heteroatoms. The van der Waals surface area contributed by atoms with Crippen molar-refractivity contribution >= 4 is 21.8 Å². The number of rotatable bonds is 10. The van der Waals surface area contributed by atoms with Gasteiger partial charge in [0.05, 0.1) is 12.0 Å². The molecule has 0 saturated carbocycles. The average Bonchev–Trinajstić information content (AvgIpc) is 3.00. The number of carbonyl (C=O) groups excluding carboxylic acids is 2. The summed E-state index contributed by atoms with van der Waals surface area (Å²) in [6, 6.07) is 6.28. The molecule has 30 heavy (non-hydrogen) atoms. The molecule has 162 valence electrons. The molecule has 1 atom stereocenters. The minimum absolute atomic E-state index is 0.0197. The summed E-state index contributed by atoms with van der Waals surface area (Å²) in [4.78, 5) is 24.7. The third-order valence-electron chi connectivity index (χ3n) is 4.59. The zero-order valence-corrected chi connectivity index (χ0v) is 18.3. The fourth-order valence-electron chi connectivity index (χ4n) is 2.94. The number of aryl methyl sites for hydroxylation is 1. The van der Waals surface area contributed by atoms with Gasteiger partial charge in [-0.25, -0.2) is 8.42 Å². The topological polar surface area (TPSA) is 104 Å². The lowest BCUT2D eigenvalue weighted by Gasteiger charge is -2.14. The second kappa shape index (κ2) is 9.73. The Morgan fingerprint density at radius 3 is 2.43 bits per heavy atom. The maximum atomic E-state index is 12.5. The molecular formula is C21H26N2O6S. The van der Waals surface area contributed by atoms with Gasteiger partial charge in [0, 0.05) is 23.5 Å². The summed E-state index contributed by atoms with van der Waals surface area (Å²) < 4.78 is 39.0. The van der Waals surface area contributed by atoms with Crippen LogP contribution in [0, 0.1) is 13.8 Å². The van der Waals surface area contributed by atoms with E-state index in [0.29, 0.717) is 17.9 Å². The second-order valence-electron chi connectivity index (χ2n) is 6.73. The highest BCUT2D eigenvalue weighted by Crippen LogP contribution is 2.17. The lowest BCUT2D eigenvalue weighted by molar-refractivity contribution is -0.144. The Morgan fingerprint density at radius 2 is 1.87 bits per heavy atom. The first-order valence-corrected chi connectivity index (χ1v) is 10.7. The monoisotopic (exact) mass is 434 g/mol. The Bertz CT molecular complexity index is 1040. The third kappa shape index (κ3) is 5.37. The molecule has 8 nitrogen and oxygen atoms in total. The van der Waals surface area contributed by atoms with E-state index < -0.39 is 28.6 Å². The number of sulfonamides is 1. The van der Waals surface area contributed by atoms with Crippen LogP contribution in [0.4, 0.5) is 0 Å². The van der Waals surface area contributed by atoms with Gasteiger partial charge in [0.15, 0.2) is 6.61 Å². The maximum absolute atomic E-state index is 12.5. The molecule has 1 aromatic heterocycles. The van der Waals surface area contributed by atoms with Crippen LogP contribution >= 0.6 is 0 Å². The number of esters is 1. The van der Waals surface area contributed by atoms with Gasteiger partial charge in [-0.3, -0.25) is 9.59 Å². The summed E-state index contributed by atoms with van der Waals surface area (Å²) in [5.74, 6) is -0.704. The van der Waals surface area contributed by atoms with Crippen LogP contribution in [0.1, 0.15) is 28.7 Å². The van der Waals surface area contributed by atoms with Crippen LogP contribution in [-0.4, -0.2) is 44.5 Å². The van der Waals surface area contributed by atoms with Crippen LogP contribution in [0.15, 0.2) is 47.9 Å². The Morgan fingerprint density at radius 1 is 1.23 bits per heavy atom. The van der Waals surface area contributed by atoms with Crippen molar-refractivity contribution in [2.24, 2.45) is 0 Å². The van der Waals surface area contributed by atoms with Crippen molar-refractivity contribution in [1.82, 2.24) is 9.29 Å². The van der Waals surface area contributed by atoms with Gasteiger partial charge in [-0.15, -0.1) is 6.58 Å². The molecular weight excluding hydrogens is 408 g/mol. The first-order valence-electron chi connectivity index (χ1n) is 9.24. The van der Waals surface area contributed by atoms with E-state index in [1.807, 2.05) is 11.5 Å². The highest BCUT2D eigenvalue weighted by Gasteiger charge is 2.24. The molecule has 1 N–H and O–H groups in total. The van der Waals surface area contributed by atoms with Gasteiger partial charge in [0.1, 0.15) is 11.8 Å². The Balaban J connectivity index is 1.99. The predicted molar refractivity (Wildman–Crippen MR) is 112 cm³/mol. The number of nitrogens with zero attached hydrogens (tertiary/aromatic N) is 1. The van der Waals surface area contributed by atoms with Gasteiger partial charge in [-0.05, 0) is 51.1 Å². The minimum atomic E-state index is -3.94. The molecule has 0 bridgehead atoms. The first kappa shape index (κ1) is 23.4. The van der Waals surface area contributed by atoms with Gasteiger partial charge in [-0.2, -0.15) is 4.72 Å². The van der Waals surface area contributed by atoms with E-state index >= 15 is 0 Å². The number of ketones is 1. The van der Waals surface area contributed by atoms with E-state index in [1.165, 1.54) is 38.3 Å². The summed E-state index contributed by atoms with van der Waals surface area (Å²) in [6.45, 7) is 8.80. The summed E-state index contributed by atoms with van der Waals surface area (Å²) in [6.07, 6.45) is 1.73. The van der Waals surface area contributed by atoms with Crippen molar-refractivity contribution in [1.29, 1.82) is 0 Å². The molecule has 0 fully saturated rings. The normalized spacial score (nSPS) is 12.3. The number of ether oxygens (including phenoxy) is 2. The van der Waals surface area contributed by atoms with Gasteiger partial charge in [-0.1, -0.05) is 6.08 Å². The molecule has 0 unspecified atom stereocenters. The average molecular weight is 435 g/mol. The van der Waals surface area contributed by atoms with Crippen LogP contribution < -0.4 is 9.46 Å². The molecule has 0 aliphatic heterocycles. The number of carbonyl (C=O) groups is 2. The molecule has 0 amide bonds. The fraction of sp³-hybridized carbons (Fsp3) is 0.333. The van der Waals surface area contributed by atoms with E-state index in [4.69, 9.17) is 9.47 Å². The largest absolute Gasteiger partial charge is 0.497 e. The number of aromatic nitrogens is 1. The van der Waals surface area contributed by atoms with E-state index in [9.17, 15) is 18.0 Å². The zero-order chi connectivity index (χ0) is 22.5. The zero-order valence-electron chi connectivity index (χ0n) is 17.5. The molecule has 2 rings (SSSR count).